The number of rotatable bonds is 7. The highest BCUT2D eigenvalue weighted by molar-refractivity contribution is 5.87. The van der Waals surface area contributed by atoms with Crippen LogP contribution in [0.3, 0.4) is 0 Å². The van der Waals surface area contributed by atoms with Crippen molar-refractivity contribution >= 4 is 5.97 Å². The zero-order valence-corrected chi connectivity index (χ0v) is 9.59. The minimum Gasteiger partial charge on any atom is -0.491 e. The summed E-state index contributed by atoms with van der Waals surface area (Å²) in [6, 6.07) is 6.38. The number of ether oxygens (including phenoxy) is 2. The number of hydrogen-bond donors (Lipinski definition) is 1. The molecule has 0 spiro atoms. The number of benzene rings is 1. The first kappa shape index (κ1) is 11.9. The van der Waals surface area contributed by atoms with Crippen molar-refractivity contribution in [3.05, 3.63) is 29.8 Å². The molecule has 1 aromatic rings. The van der Waals surface area contributed by atoms with Crippen molar-refractivity contribution in [2.45, 2.75) is 12.8 Å². The molecule has 1 saturated carbocycles. The molecule has 17 heavy (non-hydrogen) atoms. The van der Waals surface area contributed by atoms with Crippen molar-refractivity contribution in [1.29, 1.82) is 0 Å². The molecule has 4 heteroatoms. The molecule has 0 radical (unpaired) electrons. The van der Waals surface area contributed by atoms with Crippen LogP contribution in [0.15, 0.2) is 24.3 Å². The van der Waals surface area contributed by atoms with E-state index in [0.717, 1.165) is 12.5 Å². The molecule has 0 saturated heterocycles. The van der Waals surface area contributed by atoms with Crippen LogP contribution >= 0.6 is 0 Å². The number of carboxylic acid groups (broad SMARTS) is 1. The maximum atomic E-state index is 10.6. The molecule has 0 unspecified atom stereocenters. The lowest BCUT2D eigenvalue weighted by Crippen LogP contribution is -2.08. The van der Waals surface area contributed by atoms with Gasteiger partial charge in [-0.2, -0.15) is 0 Å². The van der Waals surface area contributed by atoms with Gasteiger partial charge in [0, 0.05) is 6.61 Å². The third kappa shape index (κ3) is 4.07. The zero-order valence-electron chi connectivity index (χ0n) is 9.59. The van der Waals surface area contributed by atoms with Crippen LogP contribution < -0.4 is 4.74 Å². The summed E-state index contributed by atoms with van der Waals surface area (Å²) in [5, 5.41) is 8.72. The molecule has 0 bridgehead atoms. The van der Waals surface area contributed by atoms with E-state index in [9.17, 15) is 4.79 Å². The standard InChI is InChI=1S/C13H16O4/c14-13(15)11-3-5-12(6-4-11)17-8-7-16-9-10-1-2-10/h3-6,10H,1-2,7-9H2,(H,14,15). The summed E-state index contributed by atoms with van der Waals surface area (Å²) in [5.41, 5.74) is 0.266. The van der Waals surface area contributed by atoms with Crippen molar-refractivity contribution in [3.63, 3.8) is 0 Å². The fourth-order valence-corrected chi connectivity index (χ4v) is 1.45. The monoisotopic (exact) mass is 236 g/mol. The number of carboxylic acids is 1. The number of aromatic carboxylic acids is 1. The average Bonchev–Trinajstić information content (AvgIpc) is 3.13. The minimum atomic E-state index is -0.927. The Labute approximate surface area is 100 Å². The molecule has 1 fully saturated rings. The van der Waals surface area contributed by atoms with Gasteiger partial charge < -0.3 is 14.6 Å². The Bertz CT molecular complexity index is 368. The Hall–Kier alpha value is -1.55. The van der Waals surface area contributed by atoms with Crippen molar-refractivity contribution in [1.82, 2.24) is 0 Å². The SMILES string of the molecule is O=C(O)c1ccc(OCCOCC2CC2)cc1. The van der Waals surface area contributed by atoms with E-state index in [1.54, 1.807) is 12.1 Å². The van der Waals surface area contributed by atoms with E-state index in [4.69, 9.17) is 14.6 Å². The summed E-state index contributed by atoms with van der Waals surface area (Å²) in [6.45, 7) is 1.91. The van der Waals surface area contributed by atoms with E-state index in [0.29, 0.717) is 19.0 Å². The highest BCUT2D eigenvalue weighted by atomic mass is 16.5. The van der Waals surface area contributed by atoms with Gasteiger partial charge in [-0.1, -0.05) is 0 Å². The van der Waals surface area contributed by atoms with E-state index >= 15 is 0 Å². The van der Waals surface area contributed by atoms with Gasteiger partial charge in [0.2, 0.25) is 0 Å². The maximum absolute atomic E-state index is 10.6. The van der Waals surface area contributed by atoms with Gasteiger partial charge in [-0.05, 0) is 43.0 Å². The Kier molecular flexibility index (Phi) is 3.98. The summed E-state index contributed by atoms with van der Waals surface area (Å²) in [4.78, 5) is 10.6. The molecule has 1 aliphatic rings. The van der Waals surface area contributed by atoms with Crippen LogP contribution in [0.25, 0.3) is 0 Å². The topological polar surface area (TPSA) is 55.8 Å². The van der Waals surface area contributed by atoms with Crippen LogP contribution in [0.2, 0.25) is 0 Å². The highest BCUT2D eigenvalue weighted by Gasteiger charge is 2.20. The van der Waals surface area contributed by atoms with Crippen LogP contribution in [0, 0.1) is 5.92 Å². The second kappa shape index (κ2) is 5.68. The summed E-state index contributed by atoms with van der Waals surface area (Å²) < 4.78 is 10.8. The van der Waals surface area contributed by atoms with Crippen LogP contribution in [-0.2, 0) is 4.74 Å². The molecule has 0 aromatic heterocycles. The van der Waals surface area contributed by atoms with Gasteiger partial charge in [0.1, 0.15) is 12.4 Å². The largest absolute Gasteiger partial charge is 0.491 e. The maximum Gasteiger partial charge on any atom is 0.335 e. The Morgan fingerprint density at radius 1 is 1.24 bits per heavy atom. The molecule has 1 aromatic carbocycles. The minimum absolute atomic E-state index is 0.266. The Morgan fingerprint density at radius 3 is 2.53 bits per heavy atom. The van der Waals surface area contributed by atoms with Gasteiger partial charge in [-0.15, -0.1) is 0 Å². The summed E-state index contributed by atoms with van der Waals surface area (Å²) in [5.74, 6) is 0.513. The zero-order chi connectivity index (χ0) is 12.1. The van der Waals surface area contributed by atoms with Crippen molar-refractivity contribution < 1.29 is 19.4 Å². The van der Waals surface area contributed by atoms with E-state index in [-0.39, 0.29) is 5.56 Å². The predicted octanol–water partition coefficient (Wildman–Crippen LogP) is 2.19. The van der Waals surface area contributed by atoms with Gasteiger partial charge in [0.25, 0.3) is 0 Å². The summed E-state index contributed by atoms with van der Waals surface area (Å²) in [6.07, 6.45) is 2.58. The van der Waals surface area contributed by atoms with Crippen LogP contribution in [-0.4, -0.2) is 30.9 Å². The Balaban J connectivity index is 1.65. The quantitative estimate of drug-likeness (QED) is 0.737. The van der Waals surface area contributed by atoms with Gasteiger partial charge in [-0.3, -0.25) is 0 Å². The Morgan fingerprint density at radius 2 is 1.94 bits per heavy atom. The fourth-order valence-electron chi connectivity index (χ4n) is 1.45. The molecule has 92 valence electrons. The smallest absolute Gasteiger partial charge is 0.335 e. The summed E-state index contributed by atoms with van der Waals surface area (Å²) in [7, 11) is 0. The molecule has 4 nitrogen and oxygen atoms in total. The third-order valence-corrected chi connectivity index (χ3v) is 2.65. The molecular weight excluding hydrogens is 220 g/mol. The van der Waals surface area contributed by atoms with Crippen LogP contribution in [0.1, 0.15) is 23.2 Å². The number of carbonyl (C=O) groups is 1. The third-order valence-electron chi connectivity index (χ3n) is 2.65. The summed E-state index contributed by atoms with van der Waals surface area (Å²) >= 11 is 0. The highest BCUT2D eigenvalue weighted by Crippen LogP contribution is 2.28. The number of hydrogen-bond acceptors (Lipinski definition) is 3. The average molecular weight is 236 g/mol. The first-order valence-corrected chi connectivity index (χ1v) is 5.79. The molecule has 0 atom stereocenters. The van der Waals surface area contributed by atoms with E-state index < -0.39 is 5.97 Å². The van der Waals surface area contributed by atoms with Crippen molar-refractivity contribution in [3.8, 4) is 5.75 Å². The first-order valence-electron chi connectivity index (χ1n) is 5.79. The van der Waals surface area contributed by atoms with E-state index in [2.05, 4.69) is 0 Å². The molecule has 1 aliphatic carbocycles. The predicted molar refractivity (Wildman–Crippen MR) is 62.4 cm³/mol. The van der Waals surface area contributed by atoms with Crippen molar-refractivity contribution in [2.75, 3.05) is 19.8 Å². The molecule has 0 amide bonds. The molecule has 0 heterocycles. The normalized spacial score (nSPS) is 14.6. The van der Waals surface area contributed by atoms with Gasteiger partial charge in [0.15, 0.2) is 0 Å². The molecular formula is C13H16O4. The van der Waals surface area contributed by atoms with Gasteiger partial charge in [-0.25, -0.2) is 4.79 Å². The van der Waals surface area contributed by atoms with Gasteiger partial charge in [0.05, 0.1) is 12.2 Å². The lowest BCUT2D eigenvalue weighted by atomic mass is 10.2. The van der Waals surface area contributed by atoms with E-state index in [1.165, 1.54) is 25.0 Å². The first-order chi connectivity index (χ1) is 8.25. The molecule has 0 aliphatic heterocycles. The molecule has 1 N–H and O–H groups in total. The van der Waals surface area contributed by atoms with E-state index in [1.807, 2.05) is 0 Å². The van der Waals surface area contributed by atoms with Crippen molar-refractivity contribution in [2.24, 2.45) is 5.92 Å². The van der Waals surface area contributed by atoms with Gasteiger partial charge >= 0.3 is 5.97 Å². The van der Waals surface area contributed by atoms with Crippen LogP contribution in [0.5, 0.6) is 5.75 Å². The fraction of sp³-hybridized carbons (Fsp3) is 0.462. The second-order valence-electron chi connectivity index (χ2n) is 4.20. The van der Waals surface area contributed by atoms with Crippen LogP contribution in [0.4, 0.5) is 0 Å². The second-order valence-corrected chi connectivity index (χ2v) is 4.20. The lowest BCUT2D eigenvalue weighted by Gasteiger charge is -2.06. The molecule has 2 rings (SSSR count). The lowest BCUT2D eigenvalue weighted by molar-refractivity contribution is 0.0696.